The zero-order valence-corrected chi connectivity index (χ0v) is 15.4. The monoisotopic (exact) mass is 353 g/mol. The molecule has 1 fully saturated rings. The molecule has 0 spiro atoms. The third-order valence-electron chi connectivity index (χ3n) is 4.41. The number of benzene rings is 1. The van der Waals surface area contributed by atoms with Gasteiger partial charge in [0.05, 0.1) is 4.90 Å². The van der Waals surface area contributed by atoms with E-state index in [9.17, 15) is 13.2 Å². The molecular formula is C17H27N3O3S. The molecule has 6 nitrogen and oxygen atoms in total. The van der Waals surface area contributed by atoms with Crippen molar-refractivity contribution in [2.75, 3.05) is 13.6 Å². The molecule has 1 aliphatic rings. The first kappa shape index (κ1) is 18.9. The van der Waals surface area contributed by atoms with E-state index in [4.69, 9.17) is 0 Å². The predicted octanol–water partition coefficient (Wildman–Crippen LogP) is 1.47. The third-order valence-corrected chi connectivity index (χ3v) is 6.46. The molecule has 1 aliphatic heterocycles. The number of hydrogen-bond acceptors (Lipinski definition) is 4. The minimum atomic E-state index is -3.46. The molecule has 2 rings (SSSR count). The van der Waals surface area contributed by atoms with Crippen molar-refractivity contribution in [3.8, 4) is 0 Å². The molecule has 1 heterocycles. The number of carbonyl (C=O) groups excluding carboxylic acids is 1. The lowest BCUT2D eigenvalue weighted by molar-refractivity contribution is -0.121. The van der Waals surface area contributed by atoms with Crippen LogP contribution in [-0.4, -0.2) is 44.3 Å². The van der Waals surface area contributed by atoms with Crippen molar-refractivity contribution in [2.24, 2.45) is 0 Å². The quantitative estimate of drug-likeness (QED) is 0.778. The van der Waals surface area contributed by atoms with Gasteiger partial charge >= 0.3 is 0 Å². The Labute approximate surface area is 144 Å². The number of hydrogen-bond donors (Lipinski definition) is 2. The smallest absolute Gasteiger partial charge is 0.243 e. The van der Waals surface area contributed by atoms with Crippen LogP contribution in [0.1, 0.15) is 38.7 Å². The van der Waals surface area contributed by atoms with E-state index in [1.54, 1.807) is 31.3 Å². The molecule has 0 aromatic heterocycles. The standard InChI is InChI=1S/C17H27N3O3S/c1-13(2)20(3)24(22,23)16-8-6-14(7-9-16)12-19-17(21)11-15-5-4-10-18-15/h6-9,13,15,18H,4-5,10-12H2,1-3H3,(H,19,21). The second-order valence-electron chi connectivity index (χ2n) is 6.53. The fraction of sp³-hybridized carbons (Fsp3) is 0.588. The number of nitrogens with one attached hydrogen (secondary N) is 2. The summed E-state index contributed by atoms with van der Waals surface area (Å²) in [6.07, 6.45) is 2.66. The number of amides is 1. The maximum Gasteiger partial charge on any atom is 0.243 e. The van der Waals surface area contributed by atoms with Gasteiger partial charge in [0.1, 0.15) is 0 Å². The SMILES string of the molecule is CC(C)N(C)S(=O)(=O)c1ccc(CNC(=O)CC2CCCN2)cc1. The van der Waals surface area contributed by atoms with Gasteiger partial charge in [0.25, 0.3) is 0 Å². The Morgan fingerprint density at radius 2 is 2.00 bits per heavy atom. The average molecular weight is 353 g/mol. The first-order valence-electron chi connectivity index (χ1n) is 8.38. The maximum atomic E-state index is 12.4. The van der Waals surface area contributed by atoms with Crippen molar-refractivity contribution in [2.45, 2.75) is 56.6 Å². The van der Waals surface area contributed by atoms with Crippen LogP contribution >= 0.6 is 0 Å². The second-order valence-corrected chi connectivity index (χ2v) is 8.53. The van der Waals surface area contributed by atoms with E-state index in [1.807, 2.05) is 13.8 Å². The largest absolute Gasteiger partial charge is 0.352 e. The fourth-order valence-corrected chi connectivity index (χ4v) is 4.02. The lowest BCUT2D eigenvalue weighted by Gasteiger charge is -2.21. The van der Waals surface area contributed by atoms with Gasteiger partial charge in [0.15, 0.2) is 0 Å². The van der Waals surface area contributed by atoms with Crippen LogP contribution in [0.25, 0.3) is 0 Å². The number of nitrogens with zero attached hydrogens (tertiary/aromatic N) is 1. The van der Waals surface area contributed by atoms with Crippen LogP contribution in [-0.2, 0) is 21.4 Å². The summed E-state index contributed by atoms with van der Waals surface area (Å²) in [6.45, 7) is 5.06. The Hall–Kier alpha value is -1.44. The Kier molecular flexibility index (Phi) is 6.37. The Balaban J connectivity index is 1.91. The molecule has 0 radical (unpaired) electrons. The van der Waals surface area contributed by atoms with Crippen molar-refractivity contribution in [3.63, 3.8) is 0 Å². The predicted molar refractivity (Wildman–Crippen MR) is 94.0 cm³/mol. The van der Waals surface area contributed by atoms with Gasteiger partial charge in [-0.1, -0.05) is 12.1 Å². The van der Waals surface area contributed by atoms with E-state index in [-0.39, 0.29) is 22.9 Å². The Morgan fingerprint density at radius 1 is 1.33 bits per heavy atom. The molecule has 24 heavy (non-hydrogen) atoms. The summed E-state index contributed by atoms with van der Waals surface area (Å²) in [7, 11) is -1.89. The van der Waals surface area contributed by atoms with Gasteiger partial charge in [0.2, 0.25) is 15.9 Å². The van der Waals surface area contributed by atoms with E-state index in [1.165, 1.54) is 4.31 Å². The second kappa shape index (κ2) is 8.09. The molecule has 1 amide bonds. The molecule has 1 aromatic rings. The van der Waals surface area contributed by atoms with Gasteiger partial charge in [-0.2, -0.15) is 4.31 Å². The number of sulfonamides is 1. The Morgan fingerprint density at radius 3 is 2.54 bits per heavy atom. The van der Waals surface area contributed by atoms with Crippen LogP contribution in [0.2, 0.25) is 0 Å². The van der Waals surface area contributed by atoms with Crippen LogP contribution in [0.15, 0.2) is 29.2 Å². The van der Waals surface area contributed by atoms with Crippen molar-refractivity contribution in [1.29, 1.82) is 0 Å². The molecule has 1 saturated heterocycles. The highest BCUT2D eigenvalue weighted by molar-refractivity contribution is 7.89. The van der Waals surface area contributed by atoms with Crippen molar-refractivity contribution in [1.82, 2.24) is 14.9 Å². The molecule has 0 aliphatic carbocycles. The van der Waals surface area contributed by atoms with Gasteiger partial charge in [0, 0.05) is 32.1 Å². The first-order chi connectivity index (χ1) is 11.3. The summed E-state index contributed by atoms with van der Waals surface area (Å²) >= 11 is 0. The van der Waals surface area contributed by atoms with Gasteiger partial charge < -0.3 is 10.6 Å². The van der Waals surface area contributed by atoms with Gasteiger partial charge in [-0.25, -0.2) is 8.42 Å². The average Bonchev–Trinajstić information content (AvgIpc) is 3.05. The van der Waals surface area contributed by atoms with Gasteiger partial charge in [-0.3, -0.25) is 4.79 Å². The molecule has 1 unspecified atom stereocenters. The van der Waals surface area contributed by atoms with Crippen LogP contribution in [0.5, 0.6) is 0 Å². The number of rotatable bonds is 7. The topological polar surface area (TPSA) is 78.5 Å². The molecule has 7 heteroatoms. The molecule has 1 atom stereocenters. The van der Waals surface area contributed by atoms with E-state index in [0.29, 0.717) is 13.0 Å². The maximum absolute atomic E-state index is 12.4. The highest BCUT2D eigenvalue weighted by Gasteiger charge is 2.22. The minimum Gasteiger partial charge on any atom is -0.352 e. The van der Waals surface area contributed by atoms with Crippen LogP contribution in [0, 0.1) is 0 Å². The minimum absolute atomic E-state index is 0.0191. The molecule has 0 saturated carbocycles. The summed E-state index contributed by atoms with van der Waals surface area (Å²) in [6, 6.07) is 6.86. The van der Waals surface area contributed by atoms with E-state index < -0.39 is 10.0 Å². The van der Waals surface area contributed by atoms with Crippen LogP contribution < -0.4 is 10.6 Å². The van der Waals surface area contributed by atoms with Crippen LogP contribution in [0.4, 0.5) is 0 Å². The summed E-state index contributed by atoms with van der Waals surface area (Å²) in [5.41, 5.74) is 0.883. The molecule has 1 aromatic carbocycles. The summed E-state index contributed by atoms with van der Waals surface area (Å²) in [5, 5.41) is 6.18. The molecule has 2 N–H and O–H groups in total. The fourth-order valence-electron chi connectivity index (χ4n) is 2.65. The van der Waals surface area contributed by atoms with Crippen molar-refractivity contribution >= 4 is 15.9 Å². The van der Waals surface area contributed by atoms with Crippen LogP contribution in [0.3, 0.4) is 0 Å². The molecule has 0 bridgehead atoms. The highest BCUT2D eigenvalue weighted by atomic mass is 32.2. The van der Waals surface area contributed by atoms with Gasteiger partial charge in [-0.15, -0.1) is 0 Å². The molecule has 134 valence electrons. The Bertz CT molecular complexity index is 650. The number of carbonyl (C=O) groups is 1. The zero-order chi connectivity index (χ0) is 17.7. The summed E-state index contributed by atoms with van der Waals surface area (Å²) in [5.74, 6) is 0.0191. The summed E-state index contributed by atoms with van der Waals surface area (Å²) in [4.78, 5) is 12.2. The highest BCUT2D eigenvalue weighted by Crippen LogP contribution is 2.17. The molecular weight excluding hydrogens is 326 g/mol. The van der Waals surface area contributed by atoms with E-state index in [0.717, 1.165) is 24.9 Å². The zero-order valence-electron chi connectivity index (χ0n) is 14.6. The van der Waals surface area contributed by atoms with Crippen molar-refractivity contribution in [3.05, 3.63) is 29.8 Å². The lowest BCUT2D eigenvalue weighted by Crippen LogP contribution is -2.33. The van der Waals surface area contributed by atoms with Gasteiger partial charge in [-0.05, 0) is 50.9 Å². The van der Waals surface area contributed by atoms with Crippen molar-refractivity contribution < 1.29 is 13.2 Å². The first-order valence-corrected chi connectivity index (χ1v) is 9.82. The lowest BCUT2D eigenvalue weighted by atomic mass is 10.1. The van der Waals surface area contributed by atoms with E-state index >= 15 is 0 Å². The van der Waals surface area contributed by atoms with E-state index in [2.05, 4.69) is 10.6 Å². The third kappa shape index (κ3) is 4.78. The summed E-state index contributed by atoms with van der Waals surface area (Å²) < 4.78 is 26.1. The normalized spacial score (nSPS) is 18.3.